The molecule has 1 aliphatic rings. The third-order valence-corrected chi connectivity index (χ3v) is 8.75. The summed E-state index contributed by atoms with van der Waals surface area (Å²) in [4.78, 5) is 51.7. The fourth-order valence-corrected chi connectivity index (χ4v) is 6.11. The van der Waals surface area contributed by atoms with Crippen molar-refractivity contribution in [1.82, 2.24) is 25.4 Å². The first-order chi connectivity index (χ1) is 23.2. The largest absolute Gasteiger partial charge is 0.395 e. The van der Waals surface area contributed by atoms with Crippen molar-refractivity contribution >= 4 is 49.7 Å². The molecule has 2 aromatic carbocycles. The third-order valence-electron chi connectivity index (χ3n) is 6.84. The van der Waals surface area contributed by atoms with Gasteiger partial charge in [-0.2, -0.15) is 21.9 Å². The van der Waals surface area contributed by atoms with Crippen molar-refractivity contribution < 1.29 is 50.5 Å². The first-order valence-electron chi connectivity index (χ1n) is 14.2. The number of aromatic amines is 1. The second-order valence-corrected chi connectivity index (χ2v) is 12.9. The molecule has 0 saturated heterocycles. The SMILES string of the molecule is O=C(NCCO)C1=NN(Cc2ccccc2S(=O)(=O)O)C(=O)/C1=C/C=C/c1c(C(=O)NCCO)[nH]n(Cc2ccccc2S(=O)(=O)O)c1=O. The molecule has 0 spiro atoms. The summed E-state index contributed by atoms with van der Waals surface area (Å²) in [6.07, 6.45) is 3.38. The van der Waals surface area contributed by atoms with E-state index in [-0.39, 0.29) is 41.0 Å². The molecule has 0 unspecified atom stereocenters. The van der Waals surface area contributed by atoms with Crippen LogP contribution in [-0.2, 0) is 42.9 Å². The van der Waals surface area contributed by atoms with Gasteiger partial charge in [0.15, 0.2) is 5.71 Å². The van der Waals surface area contributed by atoms with E-state index in [0.717, 1.165) is 40.1 Å². The van der Waals surface area contributed by atoms with Gasteiger partial charge in [-0.15, -0.1) is 0 Å². The molecule has 3 amide bonds. The minimum absolute atomic E-state index is 0.00951. The number of carbonyl (C=O) groups is 3. The van der Waals surface area contributed by atoms with Crippen LogP contribution >= 0.6 is 0 Å². The Balaban J connectivity index is 1.74. The van der Waals surface area contributed by atoms with Gasteiger partial charge in [-0.1, -0.05) is 42.5 Å². The number of hydrazone groups is 1. The first kappa shape index (κ1) is 36.6. The predicted molar refractivity (Wildman–Crippen MR) is 171 cm³/mol. The van der Waals surface area contributed by atoms with Gasteiger partial charge in [0.05, 0.1) is 47.2 Å². The van der Waals surface area contributed by atoms with E-state index in [0.29, 0.717) is 0 Å². The standard InChI is InChI=1S/C29H30N6O12S2/c36-14-12-30-26(38)24-20(28(40)34(32-24)16-18-6-1-3-10-22(18)48(42,43)44)8-5-9-21-25(27(39)31-13-15-37)33-35(29(21)41)17-19-7-2-4-11-23(19)49(45,46)47/h1-11,32,36-37H,12-17H2,(H,30,38)(H,31,39)(H,42,43,44)(H,45,46,47)/b8-5+,21-9+. The van der Waals surface area contributed by atoms with Crippen LogP contribution in [-0.4, -0.2) is 101 Å². The molecule has 2 heterocycles. The van der Waals surface area contributed by atoms with Crippen molar-refractivity contribution in [2.45, 2.75) is 22.9 Å². The Morgan fingerprint density at radius 3 is 1.90 bits per heavy atom. The number of aliphatic hydroxyl groups is 2. The summed E-state index contributed by atoms with van der Waals surface area (Å²) in [6, 6.07) is 10.6. The number of amides is 3. The van der Waals surface area contributed by atoms with Crippen molar-refractivity contribution in [3.05, 3.63) is 99.0 Å². The number of carbonyl (C=O) groups excluding carboxylic acids is 3. The molecular formula is C29H30N6O12S2. The van der Waals surface area contributed by atoms with Crippen LogP contribution in [0.15, 0.2) is 85.9 Å². The molecule has 3 aromatic rings. The van der Waals surface area contributed by atoms with E-state index >= 15 is 0 Å². The maximum absolute atomic E-state index is 13.4. The van der Waals surface area contributed by atoms with Gasteiger partial charge in [0, 0.05) is 13.1 Å². The van der Waals surface area contributed by atoms with Crippen LogP contribution in [0.4, 0.5) is 0 Å². The number of hydrogen-bond donors (Lipinski definition) is 7. The lowest BCUT2D eigenvalue weighted by Gasteiger charge is -2.13. The number of rotatable bonds is 14. The average molecular weight is 719 g/mol. The Hall–Kier alpha value is -5.25. The highest BCUT2D eigenvalue weighted by Gasteiger charge is 2.34. The van der Waals surface area contributed by atoms with E-state index in [1.807, 2.05) is 0 Å². The molecule has 20 heteroatoms. The number of allylic oxidation sites excluding steroid dienone is 2. The average Bonchev–Trinajstić information content (AvgIpc) is 3.53. The number of nitrogens with one attached hydrogen (secondary N) is 3. The molecule has 0 saturated carbocycles. The molecule has 0 radical (unpaired) electrons. The zero-order valence-electron chi connectivity index (χ0n) is 25.3. The lowest BCUT2D eigenvalue weighted by atomic mass is 10.1. The predicted octanol–water partition coefficient (Wildman–Crippen LogP) is -1.11. The topological polar surface area (TPSA) is 278 Å². The molecule has 0 atom stereocenters. The molecule has 7 N–H and O–H groups in total. The number of benzene rings is 2. The van der Waals surface area contributed by atoms with E-state index in [4.69, 9.17) is 10.2 Å². The Morgan fingerprint density at radius 1 is 0.816 bits per heavy atom. The second-order valence-electron chi connectivity index (χ2n) is 10.2. The van der Waals surface area contributed by atoms with Gasteiger partial charge in [0.25, 0.3) is 43.5 Å². The Bertz CT molecular complexity index is 2150. The van der Waals surface area contributed by atoms with Crippen molar-refractivity contribution in [3.63, 3.8) is 0 Å². The maximum atomic E-state index is 13.4. The molecule has 260 valence electrons. The van der Waals surface area contributed by atoms with Gasteiger partial charge >= 0.3 is 0 Å². The summed E-state index contributed by atoms with van der Waals surface area (Å²) in [5.74, 6) is -2.58. The van der Waals surface area contributed by atoms with Gasteiger partial charge in [-0.05, 0) is 35.4 Å². The minimum Gasteiger partial charge on any atom is -0.395 e. The summed E-state index contributed by atoms with van der Waals surface area (Å²) in [5, 5.41) is 30.4. The van der Waals surface area contributed by atoms with Crippen LogP contribution in [0.5, 0.6) is 0 Å². The molecule has 1 aliphatic heterocycles. The summed E-state index contributed by atoms with van der Waals surface area (Å²) < 4.78 is 67.6. The summed E-state index contributed by atoms with van der Waals surface area (Å²) in [5.41, 5.74) is -2.17. The van der Waals surface area contributed by atoms with E-state index in [9.17, 15) is 45.1 Å². The van der Waals surface area contributed by atoms with Gasteiger partial charge in [-0.25, -0.2) is 9.69 Å². The Morgan fingerprint density at radius 2 is 1.35 bits per heavy atom. The van der Waals surface area contributed by atoms with Crippen LogP contribution in [0.1, 0.15) is 27.2 Å². The highest BCUT2D eigenvalue weighted by Crippen LogP contribution is 2.23. The first-order valence-corrected chi connectivity index (χ1v) is 17.1. The Labute approximate surface area is 278 Å². The van der Waals surface area contributed by atoms with Gasteiger partial charge < -0.3 is 20.8 Å². The Kier molecular flexibility index (Phi) is 11.4. The van der Waals surface area contributed by atoms with E-state index in [1.165, 1.54) is 36.4 Å². The van der Waals surface area contributed by atoms with Crippen LogP contribution < -0.4 is 16.2 Å². The van der Waals surface area contributed by atoms with Crippen LogP contribution in [0, 0.1) is 0 Å². The normalized spacial score (nSPS) is 14.4. The maximum Gasteiger partial charge on any atom is 0.294 e. The van der Waals surface area contributed by atoms with E-state index in [1.54, 1.807) is 0 Å². The zero-order valence-corrected chi connectivity index (χ0v) is 26.9. The number of hydrogen-bond acceptors (Lipinski definition) is 11. The molecular weight excluding hydrogens is 688 g/mol. The highest BCUT2D eigenvalue weighted by molar-refractivity contribution is 7.86. The number of H-pyrrole nitrogens is 1. The minimum atomic E-state index is -4.68. The molecule has 0 aliphatic carbocycles. The fraction of sp³-hybridized carbons (Fsp3) is 0.207. The second kappa shape index (κ2) is 15.3. The van der Waals surface area contributed by atoms with Crippen LogP contribution in [0.3, 0.4) is 0 Å². The summed E-state index contributed by atoms with van der Waals surface area (Å²) >= 11 is 0. The monoisotopic (exact) mass is 718 g/mol. The van der Waals surface area contributed by atoms with Crippen molar-refractivity contribution in [2.24, 2.45) is 5.10 Å². The molecule has 0 fully saturated rings. The van der Waals surface area contributed by atoms with Gasteiger partial charge in [0.2, 0.25) is 0 Å². The lowest BCUT2D eigenvalue weighted by Crippen LogP contribution is -2.33. The molecule has 1 aromatic heterocycles. The number of nitrogens with zero attached hydrogens (tertiary/aromatic N) is 3. The van der Waals surface area contributed by atoms with Crippen LogP contribution in [0.2, 0.25) is 0 Å². The van der Waals surface area contributed by atoms with E-state index < -0.39 is 85.3 Å². The van der Waals surface area contributed by atoms with Crippen LogP contribution in [0.25, 0.3) is 6.08 Å². The summed E-state index contributed by atoms with van der Waals surface area (Å²) in [7, 11) is -9.36. The van der Waals surface area contributed by atoms with Crippen molar-refractivity contribution in [2.75, 3.05) is 26.3 Å². The van der Waals surface area contributed by atoms with E-state index in [2.05, 4.69) is 20.8 Å². The van der Waals surface area contributed by atoms with Crippen molar-refractivity contribution in [1.29, 1.82) is 0 Å². The third kappa shape index (κ3) is 8.62. The highest BCUT2D eigenvalue weighted by atomic mass is 32.2. The summed E-state index contributed by atoms with van der Waals surface area (Å²) in [6.45, 7) is -2.15. The fourth-order valence-electron chi connectivity index (χ4n) is 4.68. The quantitative estimate of drug-likeness (QED) is 0.0772. The lowest BCUT2D eigenvalue weighted by molar-refractivity contribution is -0.126. The smallest absolute Gasteiger partial charge is 0.294 e. The van der Waals surface area contributed by atoms with Crippen molar-refractivity contribution in [3.8, 4) is 0 Å². The zero-order chi connectivity index (χ0) is 35.9. The molecule has 0 bridgehead atoms. The number of aliphatic hydroxyl groups excluding tert-OH is 2. The molecule has 18 nitrogen and oxygen atoms in total. The molecule has 49 heavy (non-hydrogen) atoms. The molecule has 4 rings (SSSR count). The van der Waals surface area contributed by atoms with Gasteiger partial charge in [0.1, 0.15) is 5.69 Å². The van der Waals surface area contributed by atoms with Gasteiger partial charge in [-0.3, -0.25) is 33.4 Å². The number of aromatic nitrogens is 2.